The van der Waals surface area contributed by atoms with Crippen molar-refractivity contribution in [2.45, 2.75) is 27.3 Å². The monoisotopic (exact) mass is 275 g/mol. The van der Waals surface area contributed by atoms with E-state index in [9.17, 15) is 0 Å². The summed E-state index contributed by atoms with van der Waals surface area (Å²) in [7, 11) is 0. The lowest BCUT2D eigenvalue weighted by molar-refractivity contribution is 0.660. The second-order valence-electron chi connectivity index (χ2n) is 4.35. The van der Waals surface area contributed by atoms with Gasteiger partial charge >= 0.3 is 0 Å². The largest absolute Gasteiger partial charge is 0.389 e. The first-order chi connectivity index (χ1) is 9.01. The SMILES string of the molecule is CCn1cc(Nc2cc(C)nc(C)c2C(N)=S)cn1. The van der Waals surface area contributed by atoms with Crippen LogP contribution in [0.1, 0.15) is 23.9 Å². The van der Waals surface area contributed by atoms with Crippen molar-refractivity contribution in [3.05, 3.63) is 35.4 Å². The zero-order valence-electron chi connectivity index (χ0n) is 11.3. The molecule has 6 heteroatoms. The molecular weight excluding hydrogens is 258 g/mol. The van der Waals surface area contributed by atoms with Crippen LogP contribution in [-0.4, -0.2) is 19.8 Å². The van der Waals surface area contributed by atoms with Crippen molar-refractivity contribution in [2.75, 3.05) is 5.32 Å². The third-order valence-electron chi connectivity index (χ3n) is 2.81. The molecule has 0 atom stereocenters. The van der Waals surface area contributed by atoms with Crippen molar-refractivity contribution in [2.24, 2.45) is 5.73 Å². The van der Waals surface area contributed by atoms with Crippen LogP contribution in [0.4, 0.5) is 11.4 Å². The third-order valence-corrected chi connectivity index (χ3v) is 3.02. The highest BCUT2D eigenvalue weighted by Gasteiger charge is 2.11. The summed E-state index contributed by atoms with van der Waals surface area (Å²) in [6.07, 6.45) is 3.71. The lowest BCUT2D eigenvalue weighted by atomic mass is 10.1. The number of nitrogens with zero attached hydrogens (tertiary/aromatic N) is 3. The Hall–Kier alpha value is -1.95. The van der Waals surface area contributed by atoms with Crippen LogP contribution in [0, 0.1) is 13.8 Å². The van der Waals surface area contributed by atoms with Gasteiger partial charge in [0.15, 0.2) is 0 Å². The molecule has 0 aliphatic rings. The van der Waals surface area contributed by atoms with Crippen LogP contribution in [0.5, 0.6) is 0 Å². The van der Waals surface area contributed by atoms with Gasteiger partial charge < -0.3 is 11.1 Å². The summed E-state index contributed by atoms with van der Waals surface area (Å²) < 4.78 is 1.85. The molecule has 0 aromatic carbocycles. The molecule has 0 saturated heterocycles. The first kappa shape index (κ1) is 13.5. The fraction of sp³-hybridized carbons (Fsp3) is 0.308. The van der Waals surface area contributed by atoms with Crippen LogP contribution < -0.4 is 11.1 Å². The minimum Gasteiger partial charge on any atom is -0.389 e. The number of hydrogen-bond acceptors (Lipinski definition) is 4. The van der Waals surface area contributed by atoms with E-state index >= 15 is 0 Å². The first-order valence-electron chi connectivity index (χ1n) is 6.08. The fourth-order valence-electron chi connectivity index (χ4n) is 1.99. The number of rotatable bonds is 4. The van der Waals surface area contributed by atoms with Crippen LogP contribution >= 0.6 is 12.2 Å². The second kappa shape index (κ2) is 5.36. The van der Waals surface area contributed by atoms with E-state index in [0.717, 1.165) is 34.9 Å². The molecule has 0 bridgehead atoms. The van der Waals surface area contributed by atoms with Gasteiger partial charge in [0.1, 0.15) is 4.99 Å². The predicted molar refractivity (Wildman–Crippen MR) is 80.8 cm³/mol. The summed E-state index contributed by atoms with van der Waals surface area (Å²) in [5, 5.41) is 7.52. The van der Waals surface area contributed by atoms with E-state index in [-0.39, 0.29) is 0 Å². The van der Waals surface area contributed by atoms with E-state index in [0.29, 0.717) is 4.99 Å². The molecule has 0 fully saturated rings. The van der Waals surface area contributed by atoms with Gasteiger partial charge in [-0.15, -0.1) is 0 Å². The van der Waals surface area contributed by atoms with Gasteiger partial charge in [-0.3, -0.25) is 9.67 Å². The Morgan fingerprint density at radius 1 is 1.47 bits per heavy atom. The van der Waals surface area contributed by atoms with E-state index in [1.54, 1.807) is 6.20 Å². The molecule has 0 spiro atoms. The van der Waals surface area contributed by atoms with Gasteiger partial charge in [-0.1, -0.05) is 12.2 Å². The Morgan fingerprint density at radius 3 is 2.79 bits per heavy atom. The Kier molecular flexibility index (Phi) is 3.80. The summed E-state index contributed by atoms with van der Waals surface area (Å²) >= 11 is 5.10. The van der Waals surface area contributed by atoms with Crippen LogP contribution in [0.3, 0.4) is 0 Å². The molecule has 0 aliphatic carbocycles. The van der Waals surface area contributed by atoms with Gasteiger partial charge in [-0.25, -0.2) is 0 Å². The molecule has 2 heterocycles. The molecular formula is C13H17N5S. The van der Waals surface area contributed by atoms with Crippen LogP contribution in [-0.2, 0) is 6.54 Å². The molecule has 19 heavy (non-hydrogen) atoms. The molecule has 0 saturated carbocycles. The highest BCUT2D eigenvalue weighted by molar-refractivity contribution is 7.80. The van der Waals surface area contributed by atoms with Crippen molar-refractivity contribution in [1.29, 1.82) is 0 Å². The quantitative estimate of drug-likeness (QED) is 0.838. The van der Waals surface area contributed by atoms with Crippen LogP contribution in [0.15, 0.2) is 18.5 Å². The van der Waals surface area contributed by atoms with E-state index in [4.69, 9.17) is 18.0 Å². The first-order valence-corrected chi connectivity index (χ1v) is 6.49. The van der Waals surface area contributed by atoms with E-state index in [1.165, 1.54) is 0 Å². The average molecular weight is 275 g/mol. The average Bonchev–Trinajstić information content (AvgIpc) is 2.75. The smallest absolute Gasteiger partial charge is 0.107 e. The molecule has 5 nitrogen and oxygen atoms in total. The zero-order valence-corrected chi connectivity index (χ0v) is 12.1. The fourth-order valence-corrected chi connectivity index (χ4v) is 2.25. The Labute approximate surface area is 117 Å². The number of pyridine rings is 1. The highest BCUT2D eigenvalue weighted by Crippen LogP contribution is 2.23. The van der Waals surface area contributed by atoms with Crippen LogP contribution in [0.2, 0.25) is 0 Å². The summed E-state index contributed by atoms with van der Waals surface area (Å²) in [6.45, 7) is 6.72. The molecule has 0 radical (unpaired) electrons. The van der Waals surface area contributed by atoms with Gasteiger partial charge in [0.05, 0.1) is 23.1 Å². The number of hydrogen-bond donors (Lipinski definition) is 2. The molecule has 0 aliphatic heterocycles. The lowest BCUT2D eigenvalue weighted by Crippen LogP contribution is -2.15. The second-order valence-corrected chi connectivity index (χ2v) is 4.79. The maximum Gasteiger partial charge on any atom is 0.107 e. The molecule has 3 N–H and O–H groups in total. The number of anilines is 2. The summed E-state index contributed by atoms with van der Waals surface area (Å²) in [6, 6.07) is 1.94. The summed E-state index contributed by atoms with van der Waals surface area (Å²) in [4.78, 5) is 4.73. The Morgan fingerprint density at radius 2 is 2.21 bits per heavy atom. The summed E-state index contributed by atoms with van der Waals surface area (Å²) in [5.41, 5.74) is 10.1. The maximum absolute atomic E-state index is 5.78. The highest BCUT2D eigenvalue weighted by atomic mass is 32.1. The number of aromatic nitrogens is 3. The van der Waals surface area contributed by atoms with Crippen molar-refractivity contribution < 1.29 is 0 Å². The van der Waals surface area contributed by atoms with Gasteiger partial charge in [-0.2, -0.15) is 5.10 Å². The minimum atomic E-state index is 0.343. The van der Waals surface area contributed by atoms with Gasteiger partial charge in [0.2, 0.25) is 0 Å². The van der Waals surface area contributed by atoms with Crippen molar-refractivity contribution in [3.8, 4) is 0 Å². The van der Waals surface area contributed by atoms with Crippen molar-refractivity contribution >= 4 is 28.6 Å². The molecule has 2 rings (SSSR count). The molecule has 0 unspecified atom stereocenters. The molecule has 100 valence electrons. The molecule has 2 aromatic heterocycles. The van der Waals surface area contributed by atoms with Crippen molar-refractivity contribution in [1.82, 2.24) is 14.8 Å². The number of nitrogens with one attached hydrogen (secondary N) is 1. The topological polar surface area (TPSA) is 68.8 Å². The number of nitrogens with two attached hydrogens (primary N) is 1. The van der Waals surface area contributed by atoms with E-state index < -0.39 is 0 Å². The lowest BCUT2D eigenvalue weighted by Gasteiger charge is -2.13. The Bertz CT molecular complexity index is 617. The van der Waals surface area contributed by atoms with Gasteiger partial charge in [0.25, 0.3) is 0 Å². The zero-order chi connectivity index (χ0) is 14.0. The van der Waals surface area contributed by atoms with Crippen LogP contribution in [0.25, 0.3) is 0 Å². The number of thiocarbonyl (C=S) groups is 1. The molecule has 0 amide bonds. The van der Waals surface area contributed by atoms with Gasteiger partial charge in [0, 0.05) is 24.1 Å². The maximum atomic E-state index is 5.78. The number of aryl methyl sites for hydroxylation is 3. The van der Waals surface area contributed by atoms with E-state index in [1.807, 2.05) is 37.7 Å². The predicted octanol–water partition coefficient (Wildman–Crippen LogP) is 2.29. The minimum absolute atomic E-state index is 0.343. The standard InChI is InChI=1S/C13H17N5S/c1-4-18-7-10(6-15-18)17-11-5-8(2)16-9(3)12(11)13(14)19/h5-7H,4H2,1-3H3,(H2,14,19)(H,16,17). The van der Waals surface area contributed by atoms with Gasteiger partial charge in [-0.05, 0) is 26.8 Å². The third kappa shape index (κ3) is 2.90. The summed E-state index contributed by atoms with van der Waals surface area (Å²) in [5.74, 6) is 0. The van der Waals surface area contributed by atoms with Crippen molar-refractivity contribution in [3.63, 3.8) is 0 Å². The molecule has 2 aromatic rings. The Balaban J connectivity index is 2.40. The normalized spacial score (nSPS) is 10.5. The van der Waals surface area contributed by atoms with E-state index in [2.05, 4.69) is 15.4 Å².